The molecule has 2 nitrogen and oxygen atoms in total. The fraction of sp³-hybridized carbons (Fsp3) is 0.533. The van der Waals surface area contributed by atoms with E-state index in [9.17, 15) is 0 Å². The van der Waals surface area contributed by atoms with E-state index in [-0.39, 0.29) is 10.8 Å². The van der Waals surface area contributed by atoms with E-state index < -0.39 is 0 Å². The molecule has 0 bridgehead atoms. The Labute approximate surface area is 104 Å². The third-order valence-corrected chi connectivity index (χ3v) is 2.80. The van der Waals surface area contributed by atoms with Gasteiger partial charge >= 0.3 is 0 Å². The topological polar surface area (TPSA) is 36.2 Å². The van der Waals surface area contributed by atoms with Gasteiger partial charge in [0.15, 0.2) is 0 Å². The number of aliphatic imine (C=N–C) groups is 1. The first-order chi connectivity index (χ1) is 7.66. The summed E-state index contributed by atoms with van der Waals surface area (Å²) in [6, 6.07) is 8.24. The van der Waals surface area contributed by atoms with Crippen LogP contribution in [-0.4, -0.2) is 6.01 Å². The minimum atomic E-state index is 0.0795. The van der Waals surface area contributed by atoms with Crippen molar-refractivity contribution in [1.82, 2.24) is 0 Å². The Morgan fingerprint density at radius 2 is 1.47 bits per heavy atom. The van der Waals surface area contributed by atoms with Gasteiger partial charge in [0.05, 0.1) is 11.7 Å². The molecule has 0 fully saturated rings. The number of rotatable bonds is 1. The molecule has 0 saturated heterocycles. The van der Waals surface area contributed by atoms with Crippen molar-refractivity contribution in [2.24, 2.45) is 4.99 Å². The van der Waals surface area contributed by atoms with Crippen LogP contribution in [0.25, 0.3) is 0 Å². The van der Waals surface area contributed by atoms with E-state index in [1.165, 1.54) is 11.1 Å². The summed E-state index contributed by atoms with van der Waals surface area (Å²) < 4.78 is 0. The molecule has 0 amide bonds. The molecule has 0 spiro atoms. The highest BCUT2D eigenvalue weighted by atomic mass is 14.7. The molecule has 1 aromatic rings. The monoisotopic (exact) mass is 230 g/mol. The summed E-state index contributed by atoms with van der Waals surface area (Å²) in [4.78, 5) is 3.92. The maximum Gasteiger partial charge on any atom is 0.0918 e. The van der Waals surface area contributed by atoms with Crippen LogP contribution in [0.1, 0.15) is 52.7 Å². The first-order valence-corrected chi connectivity index (χ1v) is 5.94. The summed E-state index contributed by atoms with van der Waals surface area (Å²) in [6.07, 6.45) is 0. The molecule has 1 N–H and O–H groups in total. The highest BCUT2D eigenvalue weighted by molar-refractivity contribution is 5.54. The van der Waals surface area contributed by atoms with Crippen molar-refractivity contribution >= 4 is 11.7 Å². The smallest absolute Gasteiger partial charge is 0.0918 e. The largest absolute Gasteiger partial charge is 0.241 e. The third-order valence-electron chi connectivity index (χ3n) is 2.80. The van der Waals surface area contributed by atoms with Crippen LogP contribution in [0.5, 0.6) is 0 Å². The SMILES string of the molecule is CC(C)(C)c1ccc(N=C=N)cc1C(C)(C)C. The fourth-order valence-electron chi connectivity index (χ4n) is 1.94. The summed E-state index contributed by atoms with van der Waals surface area (Å²) in [5.74, 6) is 0. The second-order valence-electron chi connectivity index (χ2n) is 6.45. The molecule has 92 valence electrons. The van der Waals surface area contributed by atoms with Gasteiger partial charge in [0.1, 0.15) is 0 Å². The van der Waals surface area contributed by atoms with Crippen LogP contribution >= 0.6 is 0 Å². The van der Waals surface area contributed by atoms with Crippen molar-refractivity contribution in [2.45, 2.75) is 52.4 Å². The zero-order valence-corrected chi connectivity index (χ0v) is 11.7. The van der Waals surface area contributed by atoms with Crippen molar-refractivity contribution in [2.75, 3.05) is 0 Å². The van der Waals surface area contributed by atoms with Crippen molar-refractivity contribution in [1.29, 1.82) is 5.41 Å². The first-order valence-electron chi connectivity index (χ1n) is 5.94. The summed E-state index contributed by atoms with van der Waals surface area (Å²) >= 11 is 0. The summed E-state index contributed by atoms with van der Waals surface area (Å²) in [5.41, 5.74) is 3.64. The molecule has 17 heavy (non-hydrogen) atoms. The van der Waals surface area contributed by atoms with Gasteiger partial charge in [-0.25, -0.2) is 5.41 Å². The highest BCUT2D eigenvalue weighted by Gasteiger charge is 2.25. The van der Waals surface area contributed by atoms with Gasteiger partial charge < -0.3 is 0 Å². The standard InChI is InChI=1S/C15H22N2/c1-14(2,3)12-8-7-11(17-10-16)9-13(12)15(4,5)6/h7-9,16H,1-6H3. The number of nitrogens with one attached hydrogen (secondary N) is 1. The summed E-state index contributed by atoms with van der Waals surface area (Å²) in [5, 5.41) is 6.93. The lowest BCUT2D eigenvalue weighted by Crippen LogP contribution is -2.21. The van der Waals surface area contributed by atoms with Crippen molar-refractivity contribution in [3.05, 3.63) is 29.3 Å². The molecule has 0 atom stereocenters. The molecule has 2 heteroatoms. The second kappa shape index (κ2) is 4.46. The minimum absolute atomic E-state index is 0.0795. The van der Waals surface area contributed by atoms with Gasteiger partial charge in [-0.2, -0.15) is 4.99 Å². The van der Waals surface area contributed by atoms with Crippen molar-refractivity contribution in [3.8, 4) is 0 Å². The lowest BCUT2D eigenvalue weighted by atomic mass is 9.75. The van der Waals surface area contributed by atoms with Crippen LogP contribution < -0.4 is 0 Å². The number of hydrogen-bond donors (Lipinski definition) is 1. The van der Waals surface area contributed by atoms with E-state index in [0.717, 1.165) is 5.69 Å². The molecule has 1 rings (SSSR count). The Bertz CT molecular complexity index is 453. The van der Waals surface area contributed by atoms with E-state index in [1.54, 1.807) is 0 Å². The zero-order chi connectivity index (χ0) is 13.3. The van der Waals surface area contributed by atoms with Crippen molar-refractivity contribution in [3.63, 3.8) is 0 Å². The van der Waals surface area contributed by atoms with Crippen LogP contribution in [0, 0.1) is 5.41 Å². The number of nitrogens with zero attached hydrogens (tertiary/aromatic N) is 1. The predicted molar refractivity (Wildman–Crippen MR) is 73.7 cm³/mol. The van der Waals surface area contributed by atoms with E-state index >= 15 is 0 Å². The Hall–Kier alpha value is -1.40. The fourth-order valence-corrected chi connectivity index (χ4v) is 1.94. The van der Waals surface area contributed by atoms with E-state index in [2.05, 4.69) is 64.7 Å². The predicted octanol–water partition coefficient (Wildman–Crippen LogP) is 4.67. The van der Waals surface area contributed by atoms with Gasteiger partial charge in [0, 0.05) is 0 Å². The normalized spacial score (nSPS) is 12.1. The average molecular weight is 230 g/mol. The molecule has 1 aromatic carbocycles. The highest BCUT2D eigenvalue weighted by Crippen LogP contribution is 2.35. The molecule has 0 unspecified atom stereocenters. The Morgan fingerprint density at radius 3 is 1.88 bits per heavy atom. The Kier molecular flexibility index (Phi) is 3.59. The van der Waals surface area contributed by atoms with Gasteiger partial charge in [0.2, 0.25) is 0 Å². The first kappa shape index (κ1) is 13.7. The maximum absolute atomic E-state index is 6.93. The minimum Gasteiger partial charge on any atom is -0.241 e. The summed E-state index contributed by atoms with van der Waals surface area (Å²) in [7, 11) is 0. The maximum atomic E-state index is 6.93. The quantitative estimate of drug-likeness (QED) is 0.681. The second-order valence-corrected chi connectivity index (χ2v) is 6.45. The molecule has 0 aliphatic carbocycles. The van der Waals surface area contributed by atoms with E-state index in [1.807, 2.05) is 6.07 Å². The summed E-state index contributed by atoms with van der Waals surface area (Å²) in [6.45, 7) is 13.3. The van der Waals surface area contributed by atoms with E-state index in [4.69, 9.17) is 5.41 Å². The van der Waals surface area contributed by atoms with Crippen LogP contribution in [0.2, 0.25) is 0 Å². The van der Waals surface area contributed by atoms with Crippen LogP contribution in [0.4, 0.5) is 5.69 Å². The molecule has 0 saturated carbocycles. The van der Waals surface area contributed by atoms with Crippen LogP contribution in [0.15, 0.2) is 23.2 Å². The molecular formula is C15H22N2. The Balaban J connectivity index is 3.48. The number of hydrogen-bond acceptors (Lipinski definition) is 2. The van der Waals surface area contributed by atoms with Crippen LogP contribution in [0.3, 0.4) is 0 Å². The van der Waals surface area contributed by atoms with Gasteiger partial charge in [0.25, 0.3) is 0 Å². The molecular weight excluding hydrogens is 208 g/mol. The van der Waals surface area contributed by atoms with Gasteiger partial charge in [-0.15, -0.1) is 0 Å². The van der Waals surface area contributed by atoms with Gasteiger partial charge in [-0.05, 0) is 34.1 Å². The molecule has 0 aliphatic rings. The van der Waals surface area contributed by atoms with E-state index in [0.29, 0.717) is 0 Å². The molecule has 0 aliphatic heterocycles. The van der Waals surface area contributed by atoms with Gasteiger partial charge in [-0.3, -0.25) is 0 Å². The molecule has 0 radical (unpaired) electrons. The molecule has 0 heterocycles. The average Bonchev–Trinajstić information content (AvgIpc) is 2.15. The van der Waals surface area contributed by atoms with Crippen molar-refractivity contribution < 1.29 is 0 Å². The van der Waals surface area contributed by atoms with Gasteiger partial charge in [-0.1, -0.05) is 47.6 Å². The third kappa shape index (κ3) is 3.28. The number of benzene rings is 1. The zero-order valence-electron chi connectivity index (χ0n) is 11.7. The lowest BCUT2D eigenvalue weighted by Gasteiger charge is -2.30. The lowest BCUT2D eigenvalue weighted by molar-refractivity contribution is 0.530. The van der Waals surface area contributed by atoms with Crippen LogP contribution in [-0.2, 0) is 10.8 Å². The molecule has 0 aromatic heterocycles. The Morgan fingerprint density at radius 1 is 0.941 bits per heavy atom.